The van der Waals surface area contributed by atoms with Gasteiger partial charge in [0.05, 0.1) is 12.7 Å². The van der Waals surface area contributed by atoms with Gasteiger partial charge in [0, 0.05) is 0 Å². The van der Waals surface area contributed by atoms with Crippen molar-refractivity contribution >= 4 is 0 Å². The summed E-state index contributed by atoms with van der Waals surface area (Å²) in [5.74, 6) is 4.18. The van der Waals surface area contributed by atoms with Gasteiger partial charge in [-0.05, 0) is 55.8 Å². The summed E-state index contributed by atoms with van der Waals surface area (Å²) in [6.45, 7) is 3.49. The highest BCUT2D eigenvalue weighted by Crippen LogP contribution is 2.42. The number of hydrogen-bond donors (Lipinski definition) is 0. The minimum absolute atomic E-state index is 0.659. The molecule has 2 saturated carbocycles. The van der Waals surface area contributed by atoms with Gasteiger partial charge in [0.1, 0.15) is 0 Å². The van der Waals surface area contributed by atoms with E-state index in [1.165, 1.54) is 57.8 Å². The van der Waals surface area contributed by atoms with E-state index in [2.05, 4.69) is 6.92 Å². The van der Waals surface area contributed by atoms with Crippen molar-refractivity contribution < 1.29 is 4.74 Å². The van der Waals surface area contributed by atoms with Gasteiger partial charge in [-0.1, -0.05) is 32.6 Å². The maximum atomic E-state index is 5.37. The van der Waals surface area contributed by atoms with E-state index in [1.807, 2.05) is 0 Å². The van der Waals surface area contributed by atoms with Crippen molar-refractivity contribution in [3.8, 4) is 0 Å². The molecule has 0 aromatic carbocycles. The molecule has 17 heavy (non-hydrogen) atoms. The Balaban J connectivity index is 1.41. The van der Waals surface area contributed by atoms with Gasteiger partial charge in [0.25, 0.3) is 0 Å². The maximum Gasteiger partial charge on any atom is 0.0812 e. The Hall–Kier alpha value is -0.0400. The molecule has 0 spiro atoms. The van der Waals surface area contributed by atoms with Crippen LogP contribution in [-0.2, 0) is 4.74 Å². The van der Waals surface area contributed by atoms with E-state index in [0.29, 0.717) is 6.10 Å². The minimum Gasteiger partial charge on any atom is -0.373 e. The fourth-order valence-electron chi connectivity index (χ4n) is 4.23. The number of ether oxygens (including phenoxy) is 1. The molecule has 0 radical (unpaired) electrons. The van der Waals surface area contributed by atoms with Crippen LogP contribution in [0.5, 0.6) is 0 Å². The van der Waals surface area contributed by atoms with Gasteiger partial charge in [0.15, 0.2) is 0 Å². The first-order chi connectivity index (χ1) is 8.31. The Morgan fingerprint density at radius 1 is 0.824 bits per heavy atom. The highest BCUT2D eigenvalue weighted by atomic mass is 16.6. The van der Waals surface area contributed by atoms with Crippen LogP contribution in [0.1, 0.15) is 64.7 Å². The van der Waals surface area contributed by atoms with Gasteiger partial charge in [-0.2, -0.15) is 0 Å². The van der Waals surface area contributed by atoms with Gasteiger partial charge >= 0.3 is 0 Å². The Bertz CT molecular complexity index is 230. The van der Waals surface area contributed by atoms with Crippen LogP contribution >= 0.6 is 0 Å². The zero-order valence-electron chi connectivity index (χ0n) is 11.4. The Labute approximate surface area is 106 Å². The second-order valence-corrected chi connectivity index (χ2v) is 6.99. The predicted octanol–water partition coefficient (Wildman–Crippen LogP) is 4.41. The maximum absolute atomic E-state index is 5.37. The smallest absolute Gasteiger partial charge is 0.0812 e. The summed E-state index contributed by atoms with van der Waals surface area (Å²) >= 11 is 0. The Kier molecular flexibility index (Phi) is 3.75. The molecule has 0 amide bonds. The molecule has 1 aliphatic heterocycles. The molecule has 1 heterocycles. The minimum atomic E-state index is 0.659. The first kappa shape index (κ1) is 12.0. The summed E-state index contributed by atoms with van der Waals surface area (Å²) in [4.78, 5) is 0. The fraction of sp³-hybridized carbons (Fsp3) is 1.00. The summed E-state index contributed by atoms with van der Waals surface area (Å²) in [5.41, 5.74) is 0. The molecule has 0 aromatic rings. The molecule has 3 aliphatic rings. The average Bonchev–Trinajstić information content (AvgIpc) is 3.15. The Morgan fingerprint density at radius 3 is 1.88 bits per heavy atom. The monoisotopic (exact) mass is 236 g/mol. The molecule has 3 rings (SSSR count). The highest BCUT2D eigenvalue weighted by Gasteiger charge is 2.32. The molecule has 0 N–H and O–H groups in total. The Morgan fingerprint density at radius 2 is 1.35 bits per heavy atom. The third kappa shape index (κ3) is 3.24. The van der Waals surface area contributed by atoms with Crippen LogP contribution in [-0.4, -0.2) is 12.7 Å². The molecule has 0 aromatic heterocycles. The standard InChI is InChI=1S/C16H28O/c1-12-2-6-14(7-3-12)15-8-4-13(5-9-15)10-16-11-17-16/h12-16H,2-11H2,1H3. The second-order valence-electron chi connectivity index (χ2n) is 6.99. The van der Waals surface area contributed by atoms with E-state index >= 15 is 0 Å². The largest absolute Gasteiger partial charge is 0.373 e. The molecular formula is C16H28O. The molecule has 1 unspecified atom stereocenters. The topological polar surface area (TPSA) is 12.5 Å². The molecule has 98 valence electrons. The van der Waals surface area contributed by atoms with E-state index < -0.39 is 0 Å². The number of rotatable bonds is 3. The van der Waals surface area contributed by atoms with Crippen molar-refractivity contribution in [1.29, 1.82) is 0 Å². The van der Waals surface area contributed by atoms with E-state index in [9.17, 15) is 0 Å². The van der Waals surface area contributed by atoms with Crippen molar-refractivity contribution in [3.63, 3.8) is 0 Å². The van der Waals surface area contributed by atoms with Gasteiger partial charge in [-0.25, -0.2) is 0 Å². The van der Waals surface area contributed by atoms with Crippen LogP contribution < -0.4 is 0 Å². The molecule has 1 nitrogen and oxygen atoms in total. The third-order valence-corrected chi connectivity index (χ3v) is 5.62. The van der Waals surface area contributed by atoms with E-state index in [4.69, 9.17) is 4.74 Å². The lowest BCUT2D eigenvalue weighted by atomic mass is 9.69. The number of hydrogen-bond acceptors (Lipinski definition) is 1. The summed E-state index contributed by atoms with van der Waals surface area (Å²) in [6, 6.07) is 0. The van der Waals surface area contributed by atoms with Crippen molar-refractivity contribution in [2.45, 2.75) is 70.8 Å². The molecule has 1 saturated heterocycles. The van der Waals surface area contributed by atoms with E-state index in [0.717, 1.165) is 30.3 Å². The van der Waals surface area contributed by atoms with E-state index in [1.54, 1.807) is 0 Å². The molecule has 1 heteroatoms. The molecule has 2 aliphatic carbocycles. The lowest BCUT2D eigenvalue weighted by molar-refractivity contribution is 0.144. The van der Waals surface area contributed by atoms with Crippen LogP contribution in [0, 0.1) is 23.7 Å². The SMILES string of the molecule is CC1CCC(C2CCC(CC3CO3)CC2)CC1. The molecular weight excluding hydrogens is 208 g/mol. The highest BCUT2D eigenvalue weighted by molar-refractivity contribution is 4.83. The van der Waals surface area contributed by atoms with Crippen LogP contribution in [0.3, 0.4) is 0 Å². The van der Waals surface area contributed by atoms with Gasteiger partial charge in [-0.15, -0.1) is 0 Å². The molecule has 1 atom stereocenters. The summed E-state index contributed by atoms with van der Waals surface area (Å²) < 4.78 is 5.37. The van der Waals surface area contributed by atoms with Crippen LogP contribution in [0.2, 0.25) is 0 Å². The number of epoxide rings is 1. The summed E-state index contributed by atoms with van der Waals surface area (Å²) in [7, 11) is 0. The first-order valence-corrected chi connectivity index (χ1v) is 7.93. The van der Waals surface area contributed by atoms with Gasteiger partial charge < -0.3 is 4.74 Å². The van der Waals surface area contributed by atoms with Crippen molar-refractivity contribution in [3.05, 3.63) is 0 Å². The average molecular weight is 236 g/mol. The zero-order chi connectivity index (χ0) is 11.7. The van der Waals surface area contributed by atoms with Crippen molar-refractivity contribution in [1.82, 2.24) is 0 Å². The fourth-order valence-corrected chi connectivity index (χ4v) is 4.23. The first-order valence-electron chi connectivity index (χ1n) is 7.93. The summed E-state index contributed by atoms with van der Waals surface area (Å²) in [5, 5.41) is 0. The molecule has 0 bridgehead atoms. The van der Waals surface area contributed by atoms with Crippen molar-refractivity contribution in [2.75, 3.05) is 6.61 Å². The lowest BCUT2D eigenvalue weighted by Crippen LogP contribution is -2.25. The van der Waals surface area contributed by atoms with Crippen molar-refractivity contribution in [2.24, 2.45) is 23.7 Å². The van der Waals surface area contributed by atoms with Gasteiger partial charge in [-0.3, -0.25) is 0 Å². The van der Waals surface area contributed by atoms with E-state index in [-0.39, 0.29) is 0 Å². The predicted molar refractivity (Wildman–Crippen MR) is 70.9 cm³/mol. The quantitative estimate of drug-likeness (QED) is 0.661. The van der Waals surface area contributed by atoms with Crippen LogP contribution in [0.25, 0.3) is 0 Å². The van der Waals surface area contributed by atoms with Crippen LogP contribution in [0.4, 0.5) is 0 Å². The molecule has 3 fully saturated rings. The summed E-state index contributed by atoms with van der Waals surface area (Å²) in [6.07, 6.45) is 14.1. The zero-order valence-corrected chi connectivity index (χ0v) is 11.4. The lowest BCUT2D eigenvalue weighted by Gasteiger charge is -2.37. The normalized spacial score (nSPS) is 46.8. The van der Waals surface area contributed by atoms with Gasteiger partial charge in [0.2, 0.25) is 0 Å². The van der Waals surface area contributed by atoms with Crippen LogP contribution in [0.15, 0.2) is 0 Å². The second kappa shape index (κ2) is 5.30. The third-order valence-electron chi connectivity index (χ3n) is 5.62.